The van der Waals surface area contributed by atoms with Gasteiger partial charge in [-0.1, -0.05) is 24.3 Å². The van der Waals surface area contributed by atoms with Crippen molar-refractivity contribution in [3.8, 4) is 11.4 Å². The molecule has 104 valence electrons. The standard InChI is InChI=1S/C15H9FN2O3/c16-12-6-5-10(8-3-1-2-4-9(8)12)13-17-7-11(15(20)21)14(19)18-13/h1-7H,(H,20,21)(H,17,18,19). The zero-order chi connectivity index (χ0) is 15.0. The van der Waals surface area contributed by atoms with Crippen LogP contribution in [-0.4, -0.2) is 21.0 Å². The van der Waals surface area contributed by atoms with Crippen LogP contribution >= 0.6 is 0 Å². The summed E-state index contributed by atoms with van der Waals surface area (Å²) in [7, 11) is 0. The van der Waals surface area contributed by atoms with Crippen molar-refractivity contribution in [2.45, 2.75) is 0 Å². The molecule has 0 radical (unpaired) electrons. The number of benzene rings is 2. The van der Waals surface area contributed by atoms with E-state index in [0.717, 1.165) is 6.20 Å². The lowest BCUT2D eigenvalue weighted by atomic mass is 10.0. The molecule has 3 rings (SSSR count). The summed E-state index contributed by atoms with van der Waals surface area (Å²) in [6.07, 6.45) is 0.995. The second-order valence-electron chi connectivity index (χ2n) is 4.42. The molecule has 0 saturated carbocycles. The second kappa shape index (κ2) is 4.82. The summed E-state index contributed by atoms with van der Waals surface area (Å²) in [4.78, 5) is 28.9. The third kappa shape index (κ3) is 2.16. The fourth-order valence-corrected chi connectivity index (χ4v) is 2.15. The minimum Gasteiger partial charge on any atom is -0.477 e. The SMILES string of the molecule is O=C(O)c1cnc(-c2ccc(F)c3ccccc23)[nH]c1=O. The van der Waals surface area contributed by atoms with Gasteiger partial charge < -0.3 is 10.1 Å². The molecular weight excluding hydrogens is 275 g/mol. The van der Waals surface area contributed by atoms with E-state index in [4.69, 9.17) is 5.11 Å². The number of halogens is 1. The lowest BCUT2D eigenvalue weighted by Gasteiger charge is -2.07. The number of aromatic nitrogens is 2. The van der Waals surface area contributed by atoms with Crippen molar-refractivity contribution in [1.82, 2.24) is 9.97 Å². The number of rotatable bonds is 2. The largest absolute Gasteiger partial charge is 0.477 e. The molecule has 0 bridgehead atoms. The Morgan fingerprint density at radius 1 is 1.14 bits per heavy atom. The van der Waals surface area contributed by atoms with Crippen molar-refractivity contribution in [1.29, 1.82) is 0 Å². The third-order valence-corrected chi connectivity index (χ3v) is 3.16. The van der Waals surface area contributed by atoms with Crippen LogP contribution < -0.4 is 5.56 Å². The molecule has 0 saturated heterocycles. The first-order valence-corrected chi connectivity index (χ1v) is 6.08. The third-order valence-electron chi connectivity index (χ3n) is 3.16. The van der Waals surface area contributed by atoms with E-state index in [2.05, 4.69) is 9.97 Å². The number of nitrogens with zero attached hydrogens (tertiary/aromatic N) is 1. The minimum atomic E-state index is -1.35. The predicted octanol–water partition coefficient (Wildman–Crippen LogP) is 2.43. The highest BCUT2D eigenvalue weighted by Crippen LogP contribution is 2.27. The fourth-order valence-electron chi connectivity index (χ4n) is 2.15. The number of aromatic amines is 1. The van der Waals surface area contributed by atoms with E-state index >= 15 is 0 Å². The van der Waals surface area contributed by atoms with E-state index in [9.17, 15) is 14.0 Å². The van der Waals surface area contributed by atoms with Crippen LogP contribution in [0.2, 0.25) is 0 Å². The van der Waals surface area contributed by atoms with Crippen LogP contribution in [0.4, 0.5) is 4.39 Å². The Morgan fingerprint density at radius 2 is 1.86 bits per heavy atom. The molecule has 5 nitrogen and oxygen atoms in total. The van der Waals surface area contributed by atoms with Crippen molar-refractivity contribution in [3.05, 3.63) is 64.3 Å². The van der Waals surface area contributed by atoms with Gasteiger partial charge in [-0.25, -0.2) is 14.2 Å². The number of H-pyrrole nitrogens is 1. The summed E-state index contributed by atoms with van der Waals surface area (Å²) < 4.78 is 13.8. The summed E-state index contributed by atoms with van der Waals surface area (Å²) in [6.45, 7) is 0. The van der Waals surface area contributed by atoms with E-state index in [1.54, 1.807) is 24.3 Å². The Balaban J connectivity index is 2.27. The molecule has 0 aliphatic rings. The number of aromatic carboxylic acids is 1. The average Bonchev–Trinajstić information content (AvgIpc) is 2.47. The first-order valence-electron chi connectivity index (χ1n) is 6.08. The number of carboxylic acid groups (broad SMARTS) is 1. The Morgan fingerprint density at radius 3 is 2.52 bits per heavy atom. The Kier molecular flexibility index (Phi) is 2.98. The Labute approximate surface area is 117 Å². The Bertz CT molecular complexity index is 918. The van der Waals surface area contributed by atoms with Gasteiger partial charge in [0.2, 0.25) is 0 Å². The van der Waals surface area contributed by atoms with Crippen molar-refractivity contribution in [2.24, 2.45) is 0 Å². The quantitative estimate of drug-likeness (QED) is 0.757. The van der Waals surface area contributed by atoms with Crippen molar-refractivity contribution in [2.75, 3.05) is 0 Å². The molecule has 0 fully saturated rings. The maximum Gasteiger partial charge on any atom is 0.342 e. The topological polar surface area (TPSA) is 83.0 Å². The lowest BCUT2D eigenvalue weighted by molar-refractivity contribution is 0.0694. The fraction of sp³-hybridized carbons (Fsp3) is 0. The van der Waals surface area contributed by atoms with Gasteiger partial charge in [-0.05, 0) is 17.5 Å². The van der Waals surface area contributed by atoms with Crippen LogP contribution in [0.1, 0.15) is 10.4 Å². The summed E-state index contributed by atoms with van der Waals surface area (Å²) in [6, 6.07) is 9.56. The van der Waals surface area contributed by atoms with E-state index in [1.165, 1.54) is 12.1 Å². The molecule has 0 unspecified atom stereocenters. The van der Waals surface area contributed by atoms with Crippen LogP contribution in [0.15, 0.2) is 47.4 Å². The molecule has 0 atom stereocenters. The molecular formula is C15H9FN2O3. The van der Waals surface area contributed by atoms with Gasteiger partial charge in [0.25, 0.3) is 5.56 Å². The molecule has 2 N–H and O–H groups in total. The molecule has 1 aromatic heterocycles. The molecule has 6 heteroatoms. The highest BCUT2D eigenvalue weighted by molar-refractivity contribution is 5.95. The average molecular weight is 284 g/mol. The Hall–Kier alpha value is -3.02. The molecule has 0 aliphatic carbocycles. The lowest BCUT2D eigenvalue weighted by Crippen LogP contribution is -2.18. The predicted molar refractivity (Wildman–Crippen MR) is 74.7 cm³/mol. The van der Waals surface area contributed by atoms with Gasteiger partial charge in [-0.15, -0.1) is 0 Å². The summed E-state index contributed by atoms with van der Waals surface area (Å²) in [5.74, 6) is -1.53. The number of nitrogens with one attached hydrogen (secondary N) is 1. The van der Waals surface area contributed by atoms with Gasteiger partial charge in [0.15, 0.2) is 0 Å². The molecule has 0 aliphatic heterocycles. The molecule has 1 heterocycles. The highest BCUT2D eigenvalue weighted by Gasteiger charge is 2.13. The highest BCUT2D eigenvalue weighted by atomic mass is 19.1. The molecule has 3 aromatic rings. The summed E-state index contributed by atoms with van der Waals surface area (Å²) in [5.41, 5.74) is -0.660. The molecule has 0 spiro atoms. The van der Waals surface area contributed by atoms with Crippen molar-refractivity contribution in [3.63, 3.8) is 0 Å². The van der Waals surface area contributed by atoms with Gasteiger partial charge in [0.05, 0.1) is 0 Å². The number of hydrogen-bond acceptors (Lipinski definition) is 3. The summed E-state index contributed by atoms with van der Waals surface area (Å²) in [5, 5.41) is 9.82. The normalized spacial score (nSPS) is 10.7. The maximum absolute atomic E-state index is 13.8. The number of carbonyl (C=O) groups is 1. The van der Waals surface area contributed by atoms with Crippen molar-refractivity contribution < 1.29 is 14.3 Å². The first-order chi connectivity index (χ1) is 10.1. The molecule has 21 heavy (non-hydrogen) atoms. The van der Waals surface area contributed by atoms with Gasteiger partial charge in [0.1, 0.15) is 17.2 Å². The minimum absolute atomic E-state index is 0.196. The van der Waals surface area contributed by atoms with E-state index in [0.29, 0.717) is 16.3 Å². The van der Waals surface area contributed by atoms with Gasteiger partial charge in [-0.3, -0.25) is 4.79 Å². The van der Waals surface area contributed by atoms with E-state index in [-0.39, 0.29) is 11.6 Å². The van der Waals surface area contributed by atoms with Gasteiger partial charge >= 0.3 is 5.97 Å². The molecule has 2 aromatic carbocycles. The summed E-state index contributed by atoms with van der Waals surface area (Å²) >= 11 is 0. The van der Waals surface area contributed by atoms with Crippen LogP contribution in [0.5, 0.6) is 0 Å². The van der Waals surface area contributed by atoms with E-state index < -0.39 is 17.1 Å². The monoisotopic (exact) mass is 284 g/mol. The second-order valence-corrected chi connectivity index (χ2v) is 4.42. The van der Waals surface area contributed by atoms with Crippen LogP contribution in [0, 0.1) is 5.82 Å². The van der Waals surface area contributed by atoms with E-state index in [1.807, 2.05) is 0 Å². The number of carboxylic acids is 1. The smallest absolute Gasteiger partial charge is 0.342 e. The van der Waals surface area contributed by atoms with Crippen LogP contribution in [0.25, 0.3) is 22.2 Å². The van der Waals surface area contributed by atoms with Crippen LogP contribution in [0.3, 0.4) is 0 Å². The number of hydrogen-bond donors (Lipinski definition) is 2. The number of fused-ring (bicyclic) bond motifs is 1. The first kappa shape index (κ1) is 13.0. The molecule has 0 amide bonds. The van der Waals surface area contributed by atoms with Crippen LogP contribution in [-0.2, 0) is 0 Å². The van der Waals surface area contributed by atoms with Crippen molar-refractivity contribution >= 4 is 16.7 Å². The van der Waals surface area contributed by atoms with Gasteiger partial charge in [-0.2, -0.15) is 0 Å². The zero-order valence-corrected chi connectivity index (χ0v) is 10.6. The van der Waals surface area contributed by atoms with Gasteiger partial charge in [0, 0.05) is 17.1 Å². The zero-order valence-electron chi connectivity index (χ0n) is 10.6. The maximum atomic E-state index is 13.8.